The number of carbonyl (C=O) groups excluding carboxylic acids is 2. The number of thiophene rings is 1. The molecule has 1 N–H and O–H groups in total. The minimum Gasteiger partial charge on any atom is -0.325 e. The first-order valence-corrected chi connectivity index (χ1v) is 8.08. The van der Waals surface area contributed by atoms with Crippen molar-refractivity contribution >= 4 is 29.0 Å². The fourth-order valence-electron chi connectivity index (χ4n) is 2.60. The maximum Gasteiger partial charge on any atom is 0.248 e. The standard InChI is InChI=1S/C16H17N3O2S/c1-11-4-2-6-14(17-11)18-16(21)13-7-8-15(20)19(13)10-12-5-3-9-22-12/h2-6,9,13H,7-8,10H2,1H3,(H,17,18,21)/t13-/m1/s1. The summed E-state index contributed by atoms with van der Waals surface area (Å²) in [7, 11) is 0. The van der Waals surface area contributed by atoms with Crippen LogP contribution in [0.5, 0.6) is 0 Å². The number of hydrogen-bond acceptors (Lipinski definition) is 4. The Bertz CT molecular complexity index is 684. The van der Waals surface area contributed by atoms with Crippen molar-refractivity contribution in [3.05, 3.63) is 46.3 Å². The smallest absolute Gasteiger partial charge is 0.248 e. The molecule has 0 aliphatic carbocycles. The maximum absolute atomic E-state index is 12.5. The number of nitrogens with zero attached hydrogens (tertiary/aromatic N) is 2. The largest absolute Gasteiger partial charge is 0.325 e. The highest BCUT2D eigenvalue weighted by Crippen LogP contribution is 2.24. The van der Waals surface area contributed by atoms with E-state index in [1.165, 1.54) is 0 Å². The summed E-state index contributed by atoms with van der Waals surface area (Å²) in [5.74, 6) is 0.395. The van der Waals surface area contributed by atoms with Crippen LogP contribution < -0.4 is 5.32 Å². The van der Waals surface area contributed by atoms with Crippen molar-refractivity contribution in [2.45, 2.75) is 32.4 Å². The molecule has 2 amide bonds. The Hall–Kier alpha value is -2.21. The molecule has 114 valence electrons. The van der Waals surface area contributed by atoms with Crippen LogP contribution in [0.4, 0.5) is 5.82 Å². The molecule has 3 heterocycles. The SMILES string of the molecule is Cc1cccc(NC(=O)[C@H]2CCC(=O)N2Cc2cccs2)n1. The molecule has 1 aliphatic rings. The number of amides is 2. The van der Waals surface area contributed by atoms with Crippen LogP contribution in [-0.2, 0) is 16.1 Å². The van der Waals surface area contributed by atoms with Crippen LogP contribution in [0.15, 0.2) is 35.7 Å². The number of carbonyl (C=O) groups is 2. The molecule has 1 fully saturated rings. The fraction of sp³-hybridized carbons (Fsp3) is 0.312. The quantitative estimate of drug-likeness (QED) is 0.943. The molecule has 0 unspecified atom stereocenters. The van der Waals surface area contributed by atoms with Crippen LogP contribution >= 0.6 is 11.3 Å². The second-order valence-electron chi connectivity index (χ2n) is 5.31. The number of anilines is 1. The van der Waals surface area contributed by atoms with Crippen LogP contribution in [0.25, 0.3) is 0 Å². The Morgan fingerprint density at radius 2 is 2.27 bits per heavy atom. The lowest BCUT2D eigenvalue weighted by Gasteiger charge is -2.23. The summed E-state index contributed by atoms with van der Waals surface area (Å²) in [6.07, 6.45) is 0.979. The maximum atomic E-state index is 12.5. The Morgan fingerprint density at radius 1 is 1.41 bits per heavy atom. The van der Waals surface area contributed by atoms with E-state index >= 15 is 0 Å². The van der Waals surface area contributed by atoms with Crippen LogP contribution in [-0.4, -0.2) is 27.7 Å². The monoisotopic (exact) mass is 315 g/mol. The third-order valence-electron chi connectivity index (χ3n) is 3.68. The summed E-state index contributed by atoms with van der Waals surface area (Å²) in [6, 6.07) is 8.99. The molecular formula is C16H17N3O2S. The van der Waals surface area contributed by atoms with Gasteiger partial charge in [-0.05, 0) is 36.9 Å². The second-order valence-corrected chi connectivity index (χ2v) is 6.34. The van der Waals surface area contributed by atoms with Gasteiger partial charge in [-0.25, -0.2) is 4.98 Å². The number of nitrogens with one attached hydrogen (secondary N) is 1. The lowest BCUT2D eigenvalue weighted by Crippen LogP contribution is -2.41. The molecular weight excluding hydrogens is 298 g/mol. The number of hydrogen-bond donors (Lipinski definition) is 1. The third kappa shape index (κ3) is 3.17. The van der Waals surface area contributed by atoms with Crippen LogP contribution in [0.2, 0.25) is 0 Å². The summed E-state index contributed by atoms with van der Waals surface area (Å²) in [5.41, 5.74) is 0.843. The summed E-state index contributed by atoms with van der Waals surface area (Å²) in [4.78, 5) is 31.5. The highest BCUT2D eigenvalue weighted by molar-refractivity contribution is 7.09. The van der Waals surface area contributed by atoms with Gasteiger partial charge in [0.1, 0.15) is 11.9 Å². The van der Waals surface area contributed by atoms with E-state index in [1.807, 2.05) is 36.6 Å². The van der Waals surface area contributed by atoms with Gasteiger partial charge in [-0.2, -0.15) is 0 Å². The zero-order chi connectivity index (χ0) is 15.5. The molecule has 1 atom stereocenters. The van der Waals surface area contributed by atoms with Crippen LogP contribution in [0.1, 0.15) is 23.4 Å². The summed E-state index contributed by atoms with van der Waals surface area (Å²) < 4.78 is 0. The van der Waals surface area contributed by atoms with E-state index in [0.717, 1.165) is 10.6 Å². The van der Waals surface area contributed by atoms with Gasteiger partial charge >= 0.3 is 0 Å². The number of aryl methyl sites for hydroxylation is 1. The normalized spacial score (nSPS) is 17.8. The number of pyridine rings is 1. The van der Waals surface area contributed by atoms with Crippen LogP contribution in [0.3, 0.4) is 0 Å². The van der Waals surface area contributed by atoms with Gasteiger partial charge in [0.25, 0.3) is 0 Å². The van der Waals surface area contributed by atoms with Crippen molar-refractivity contribution in [2.24, 2.45) is 0 Å². The van der Waals surface area contributed by atoms with Gasteiger partial charge in [0.05, 0.1) is 6.54 Å². The van der Waals surface area contributed by atoms with Crippen molar-refractivity contribution < 1.29 is 9.59 Å². The van der Waals surface area contributed by atoms with Gasteiger partial charge in [-0.3, -0.25) is 9.59 Å². The number of rotatable bonds is 4. The highest BCUT2D eigenvalue weighted by Gasteiger charge is 2.36. The van der Waals surface area contributed by atoms with Gasteiger partial charge in [-0.15, -0.1) is 11.3 Å². The van der Waals surface area contributed by atoms with E-state index in [9.17, 15) is 9.59 Å². The van der Waals surface area contributed by atoms with Gasteiger partial charge in [0, 0.05) is 17.0 Å². The van der Waals surface area contributed by atoms with Gasteiger partial charge in [0.15, 0.2) is 0 Å². The molecule has 3 rings (SSSR count). The number of aromatic nitrogens is 1. The van der Waals surface area contributed by atoms with Gasteiger partial charge in [-0.1, -0.05) is 12.1 Å². The summed E-state index contributed by atoms with van der Waals surface area (Å²) in [6.45, 7) is 2.37. The first-order valence-electron chi connectivity index (χ1n) is 7.20. The molecule has 0 aromatic carbocycles. The zero-order valence-electron chi connectivity index (χ0n) is 12.3. The minimum absolute atomic E-state index is 0.0331. The second kappa shape index (κ2) is 6.27. The lowest BCUT2D eigenvalue weighted by molar-refractivity contribution is -0.133. The Balaban J connectivity index is 1.71. The molecule has 22 heavy (non-hydrogen) atoms. The third-order valence-corrected chi connectivity index (χ3v) is 4.54. The zero-order valence-corrected chi connectivity index (χ0v) is 13.1. The van der Waals surface area contributed by atoms with Crippen molar-refractivity contribution in [3.63, 3.8) is 0 Å². The molecule has 1 saturated heterocycles. The molecule has 6 heteroatoms. The molecule has 1 aliphatic heterocycles. The number of likely N-dealkylation sites (tertiary alicyclic amines) is 1. The summed E-state index contributed by atoms with van der Waals surface area (Å²) >= 11 is 1.59. The first kappa shape index (κ1) is 14.7. The molecule has 0 saturated carbocycles. The Kier molecular flexibility index (Phi) is 4.20. The predicted molar refractivity (Wildman–Crippen MR) is 85.5 cm³/mol. The topological polar surface area (TPSA) is 62.3 Å². The lowest BCUT2D eigenvalue weighted by atomic mass is 10.2. The first-order chi connectivity index (χ1) is 10.6. The molecule has 0 radical (unpaired) electrons. The predicted octanol–water partition coefficient (Wildman–Crippen LogP) is 2.58. The summed E-state index contributed by atoms with van der Waals surface area (Å²) in [5, 5.41) is 4.79. The van der Waals surface area contributed by atoms with Crippen molar-refractivity contribution in [2.75, 3.05) is 5.32 Å². The van der Waals surface area contributed by atoms with Crippen molar-refractivity contribution in [3.8, 4) is 0 Å². The van der Waals surface area contributed by atoms with E-state index in [4.69, 9.17) is 0 Å². The average molecular weight is 315 g/mol. The van der Waals surface area contributed by atoms with E-state index in [1.54, 1.807) is 22.3 Å². The minimum atomic E-state index is -0.420. The van der Waals surface area contributed by atoms with Crippen LogP contribution in [0, 0.1) is 6.92 Å². The molecule has 5 nitrogen and oxygen atoms in total. The molecule has 2 aromatic heterocycles. The van der Waals surface area contributed by atoms with E-state index < -0.39 is 6.04 Å². The molecule has 0 spiro atoms. The Labute approximate surface area is 133 Å². The molecule has 0 bridgehead atoms. The van der Waals surface area contributed by atoms with E-state index in [-0.39, 0.29) is 11.8 Å². The van der Waals surface area contributed by atoms with E-state index in [2.05, 4.69) is 10.3 Å². The van der Waals surface area contributed by atoms with Gasteiger partial charge in [0.2, 0.25) is 11.8 Å². The van der Waals surface area contributed by atoms with E-state index in [0.29, 0.717) is 25.2 Å². The molecule has 2 aromatic rings. The highest BCUT2D eigenvalue weighted by atomic mass is 32.1. The van der Waals surface area contributed by atoms with Crippen molar-refractivity contribution in [1.82, 2.24) is 9.88 Å². The Morgan fingerprint density at radius 3 is 3.00 bits per heavy atom. The average Bonchev–Trinajstić information content (AvgIpc) is 3.10. The fourth-order valence-corrected chi connectivity index (χ4v) is 3.30. The van der Waals surface area contributed by atoms with Crippen molar-refractivity contribution in [1.29, 1.82) is 0 Å². The van der Waals surface area contributed by atoms with Gasteiger partial charge < -0.3 is 10.2 Å².